The normalized spacial score (nSPS) is 11.6. The summed E-state index contributed by atoms with van der Waals surface area (Å²) in [5, 5.41) is 23.8. The van der Waals surface area contributed by atoms with Gasteiger partial charge in [0.15, 0.2) is 5.78 Å². The maximum atomic E-state index is 13.0. The van der Waals surface area contributed by atoms with Crippen molar-refractivity contribution in [3.05, 3.63) is 64.2 Å². The van der Waals surface area contributed by atoms with E-state index in [4.69, 9.17) is 15.0 Å². The van der Waals surface area contributed by atoms with Crippen LogP contribution in [0.5, 0.6) is 5.75 Å². The molecule has 0 fully saturated rings. The molecule has 0 heterocycles. The molecule has 25 heavy (non-hydrogen) atoms. The number of phenols is 1. The van der Waals surface area contributed by atoms with E-state index in [0.717, 1.165) is 23.3 Å². The fourth-order valence-corrected chi connectivity index (χ4v) is 2.25. The minimum atomic E-state index is -4.62. The summed E-state index contributed by atoms with van der Waals surface area (Å²) < 4.78 is 38.9. The van der Waals surface area contributed by atoms with Crippen molar-refractivity contribution in [1.82, 2.24) is 0 Å². The summed E-state index contributed by atoms with van der Waals surface area (Å²) in [6.45, 7) is 0. The average molecular weight is 352 g/mol. The van der Waals surface area contributed by atoms with Gasteiger partial charge in [0.25, 0.3) is 0 Å². The van der Waals surface area contributed by atoms with E-state index in [1.54, 1.807) is 12.2 Å². The van der Waals surface area contributed by atoms with Crippen molar-refractivity contribution in [1.29, 1.82) is 0 Å². The van der Waals surface area contributed by atoms with Crippen molar-refractivity contribution in [3.8, 4) is 5.75 Å². The molecule has 0 amide bonds. The highest BCUT2D eigenvalue weighted by Gasteiger charge is 2.35. The Hall–Kier alpha value is -3.29. The number of phenolic OH excluding ortho intramolecular Hbond substituents is 1. The van der Waals surface area contributed by atoms with E-state index in [2.05, 4.69) is 0 Å². The first-order valence-electron chi connectivity index (χ1n) is 6.79. The van der Waals surface area contributed by atoms with Gasteiger partial charge in [-0.2, -0.15) is 13.2 Å². The third kappa shape index (κ3) is 3.97. The van der Waals surface area contributed by atoms with Crippen LogP contribution in [0.4, 0.5) is 18.0 Å². The molecule has 0 saturated carbocycles. The number of carbonyl (C=O) groups is 2. The van der Waals surface area contributed by atoms with Gasteiger partial charge in [-0.25, -0.2) is 4.79 Å². The number of halogens is 3. The molecule has 0 saturated heterocycles. The van der Waals surface area contributed by atoms with Crippen molar-refractivity contribution >= 4 is 24.1 Å². The molecule has 0 spiro atoms. The number of carbonyl (C=O) groups excluding carboxylic acids is 1. The van der Waals surface area contributed by atoms with Crippen LogP contribution in [-0.2, 0) is 6.18 Å². The smallest absolute Gasteiger partial charge is 0.503 e. The monoisotopic (exact) mass is 352 g/mol. The Bertz CT molecular complexity index is 865. The maximum Gasteiger partial charge on any atom is 0.503 e. The van der Waals surface area contributed by atoms with Crippen molar-refractivity contribution in [3.63, 3.8) is 0 Å². The third-order valence-electron chi connectivity index (χ3n) is 3.37. The Morgan fingerprint density at radius 3 is 1.92 bits per heavy atom. The number of rotatable bonds is 2. The second kappa shape index (κ2) is 6.68. The molecular weight excluding hydrogens is 341 g/mol. The number of benzene rings is 2. The lowest BCUT2D eigenvalue weighted by atomic mass is 9.90. The summed E-state index contributed by atoms with van der Waals surface area (Å²) in [4.78, 5) is 20.9. The van der Waals surface area contributed by atoms with Crippen LogP contribution in [0.15, 0.2) is 36.4 Å². The Labute approximate surface area is 139 Å². The Morgan fingerprint density at radius 2 is 1.40 bits per heavy atom. The fourth-order valence-electron chi connectivity index (χ4n) is 2.25. The van der Waals surface area contributed by atoms with Crippen LogP contribution in [0.2, 0.25) is 0 Å². The molecule has 0 unspecified atom stereocenters. The van der Waals surface area contributed by atoms with Gasteiger partial charge in [0.05, 0.1) is 11.1 Å². The lowest BCUT2D eigenvalue weighted by Gasteiger charge is -2.15. The van der Waals surface area contributed by atoms with Gasteiger partial charge in [0.1, 0.15) is 5.75 Å². The van der Waals surface area contributed by atoms with E-state index < -0.39 is 29.2 Å². The van der Waals surface area contributed by atoms with Crippen LogP contribution in [0.3, 0.4) is 0 Å². The Morgan fingerprint density at radius 1 is 0.880 bits per heavy atom. The zero-order valence-electron chi connectivity index (χ0n) is 12.4. The maximum absolute atomic E-state index is 13.0. The van der Waals surface area contributed by atoms with Crippen LogP contribution in [0.25, 0.3) is 12.2 Å². The highest BCUT2D eigenvalue weighted by Crippen LogP contribution is 2.36. The van der Waals surface area contributed by atoms with Crippen molar-refractivity contribution in [2.45, 2.75) is 6.18 Å². The zero-order chi connectivity index (χ0) is 18.8. The SMILES string of the molecule is O=C(O)O.O=C(c1cc2c(cc1O)C=C2)c1ccccc1C(F)(F)F. The number of alkyl halides is 3. The quantitative estimate of drug-likeness (QED) is 0.596. The zero-order valence-corrected chi connectivity index (χ0v) is 12.4. The van der Waals surface area contributed by atoms with Crippen LogP contribution in [0.1, 0.15) is 32.6 Å². The molecule has 2 aromatic carbocycles. The van der Waals surface area contributed by atoms with Gasteiger partial charge in [-0.1, -0.05) is 30.4 Å². The van der Waals surface area contributed by atoms with Crippen LogP contribution in [-0.4, -0.2) is 27.3 Å². The predicted molar refractivity (Wildman–Crippen MR) is 82.6 cm³/mol. The minimum absolute atomic E-state index is 0.130. The average Bonchev–Trinajstić information content (AvgIpc) is 2.49. The Balaban J connectivity index is 0.000000511. The first kappa shape index (κ1) is 18.1. The molecule has 1 aliphatic carbocycles. The first-order valence-corrected chi connectivity index (χ1v) is 6.79. The number of hydrogen-bond donors (Lipinski definition) is 3. The molecule has 0 radical (unpaired) electrons. The minimum Gasteiger partial charge on any atom is -0.507 e. The summed E-state index contributed by atoms with van der Waals surface area (Å²) in [6.07, 6.45) is -2.99. The van der Waals surface area contributed by atoms with Gasteiger partial charge in [-0.05, 0) is 29.3 Å². The van der Waals surface area contributed by atoms with Gasteiger partial charge >= 0.3 is 12.3 Å². The lowest BCUT2D eigenvalue weighted by Crippen LogP contribution is -2.14. The number of hydrogen-bond acceptors (Lipinski definition) is 3. The largest absolute Gasteiger partial charge is 0.507 e. The van der Waals surface area contributed by atoms with Crippen molar-refractivity contribution < 1.29 is 38.1 Å². The molecule has 0 aliphatic heterocycles. The van der Waals surface area contributed by atoms with Crippen LogP contribution >= 0.6 is 0 Å². The summed E-state index contributed by atoms with van der Waals surface area (Å²) in [5.74, 6) is -1.16. The molecule has 1 aliphatic rings. The van der Waals surface area contributed by atoms with Crippen molar-refractivity contribution in [2.24, 2.45) is 0 Å². The van der Waals surface area contributed by atoms with Crippen LogP contribution in [0, 0.1) is 0 Å². The lowest BCUT2D eigenvalue weighted by molar-refractivity contribution is -0.137. The Kier molecular flexibility index (Phi) is 4.82. The molecular formula is C17H11F3O5. The highest BCUT2D eigenvalue weighted by atomic mass is 19.4. The first-order chi connectivity index (χ1) is 11.6. The summed E-state index contributed by atoms with van der Waals surface area (Å²) >= 11 is 0. The topological polar surface area (TPSA) is 94.8 Å². The van der Waals surface area contributed by atoms with Gasteiger partial charge in [-0.3, -0.25) is 4.79 Å². The van der Waals surface area contributed by atoms with Gasteiger partial charge in [0, 0.05) is 5.56 Å². The van der Waals surface area contributed by atoms with E-state index >= 15 is 0 Å². The second-order valence-electron chi connectivity index (χ2n) is 4.99. The summed E-state index contributed by atoms with van der Waals surface area (Å²) in [7, 11) is 0. The van der Waals surface area contributed by atoms with E-state index in [1.165, 1.54) is 24.3 Å². The number of ketones is 1. The number of aromatic hydroxyl groups is 1. The molecule has 0 bridgehead atoms. The second-order valence-corrected chi connectivity index (χ2v) is 4.99. The fraction of sp³-hybridized carbons (Fsp3) is 0.0588. The summed E-state index contributed by atoms with van der Waals surface area (Å²) in [6, 6.07) is 7.32. The molecule has 3 rings (SSSR count). The van der Waals surface area contributed by atoms with Gasteiger partial charge in [0.2, 0.25) is 0 Å². The molecule has 8 heteroatoms. The van der Waals surface area contributed by atoms with Crippen LogP contribution < -0.4 is 0 Å². The standard InChI is InChI=1S/C16H9F3O2.CH2O3/c17-16(18,19)13-4-2-1-3-11(13)15(21)12-7-9-5-6-10(9)8-14(12)20;2-1(3)4/h1-8,20H;(H2,2,3,4). The molecule has 130 valence electrons. The molecule has 0 atom stereocenters. The van der Waals surface area contributed by atoms with E-state index in [1.807, 2.05) is 0 Å². The van der Waals surface area contributed by atoms with E-state index in [0.29, 0.717) is 0 Å². The number of fused-ring (bicyclic) bond motifs is 1. The van der Waals surface area contributed by atoms with E-state index in [9.17, 15) is 23.1 Å². The number of carboxylic acid groups (broad SMARTS) is 2. The summed E-state index contributed by atoms with van der Waals surface area (Å²) in [5.41, 5.74) is -0.125. The third-order valence-corrected chi connectivity index (χ3v) is 3.37. The van der Waals surface area contributed by atoms with Gasteiger partial charge in [-0.15, -0.1) is 0 Å². The molecule has 3 N–H and O–H groups in total. The molecule has 2 aromatic rings. The van der Waals surface area contributed by atoms with Crippen molar-refractivity contribution in [2.75, 3.05) is 0 Å². The highest BCUT2D eigenvalue weighted by molar-refractivity contribution is 6.12. The predicted octanol–water partition coefficient (Wildman–Crippen LogP) is 4.35. The molecule has 0 aromatic heterocycles. The van der Waals surface area contributed by atoms with E-state index in [-0.39, 0.29) is 11.3 Å². The van der Waals surface area contributed by atoms with Gasteiger partial charge < -0.3 is 15.3 Å². The molecule has 5 nitrogen and oxygen atoms in total.